The van der Waals surface area contributed by atoms with E-state index < -0.39 is 5.54 Å². The maximum Gasteiger partial charge on any atom is 0.220 e. The second kappa shape index (κ2) is 7.14. The average Bonchev–Trinajstić information content (AvgIpc) is 2.44. The van der Waals surface area contributed by atoms with Gasteiger partial charge in [-0.1, -0.05) is 6.07 Å². The summed E-state index contributed by atoms with van der Waals surface area (Å²) in [6, 6.07) is 5.60. The number of methoxy groups -OCH3 is 2. The molecule has 1 aromatic rings. The molecule has 5 heteroatoms. The molecule has 0 fully saturated rings. The summed E-state index contributed by atoms with van der Waals surface area (Å²) in [4.78, 5) is 11.8. The Balaban J connectivity index is 2.60. The van der Waals surface area contributed by atoms with Crippen LogP contribution in [0.1, 0.15) is 25.8 Å². The first-order chi connectivity index (χ1) is 9.41. The number of carbonyl (C=O) groups excluding carboxylic acids is 1. The van der Waals surface area contributed by atoms with Crippen LogP contribution in [0.2, 0.25) is 0 Å². The summed E-state index contributed by atoms with van der Waals surface area (Å²) in [5.41, 5.74) is 0.411. The zero-order valence-electron chi connectivity index (χ0n) is 12.5. The number of aliphatic hydroxyl groups is 1. The van der Waals surface area contributed by atoms with Gasteiger partial charge in [0.15, 0.2) is 11.5 Å². The van der Waals surface area contributed by atoms with Gasteiger partial charge < -0.3 is 19.9 Å². The first-order valence-electron chi connectivity index (χ1n) is 6.54. The van der Waals surface area contributed by atoms with Gasteiger partial charge in [0, 0.05) is 6.42 Å². The van der Waals surface area contributed by atoms with Crippen molar-refractivity contribution in [3.05, 3.63) is 23.8 Å². The summed E-state index contributed by atoms with van der Waals surface area (Å²) in [6.07, 6.45) is 0.965. The smallest absolute Gasteiger partial charge is 0.220 e. The lowest BCUT2D eigenvalue weighted by atomic mass is 10.1. The van der Waals surface area contributed by atoms with Gasteiger partial charge in [0.05, 0.1) is 26.4 Å². The molecule has 1 amide bonds. The standard InChI is InChI=1S/C15H23NO4/c1-15(2,10-17)16-14(18)8-6-11-5-7-12(19-3)13(9-11)20-4/h5,7,9,17H,6,8,10H2,1-4H3,(H,16,18). The van der Waals surface area contributed by atoms with Crippen LogP contribution in [-0.4, -0.2) is 37.4 Å². The van der Waals surface area contributed by atoms with Crippen molar-refractivity contribution >= 4 is 5.91 Å². The molecule has 0 bridgehead atoms. The molecular weight excluding hydrogens is 258 g/mol. The molecule has 1 aromatic carbocycles. The number of amides is 1. The summed E-state index contributed by atoms with van der Waals surface area (Å²) < 4.78 is 10.4. The molecule has 0 unspecified atom stereocenters. The van der Waals surface area contributed by atoms with E-state index in [0.717, 1.165) is 5.56 Å². The zero-order chi connectivity index (χ0) is 15.2. The van der Waals surface area contributed by atoms with Crippen LogP contribution in [0.5, 0.6) is 11.5 Å². The van der Waals surface area contributed by atoms with Crippen molar-refractivity contribution in [3.63, 3.8) is 0 Å². The highest BCUT2D eigenvalue weighted by Crippen LogP contribution is 2.27. The van der Waals surface area contributed by atoms with Crippen LogP contribution in [0.4, 0.5) is 0 Å². The number of ether oxygens (including phenoxy) is 2. The Bertz CT molecular complexity index is 457. The van der Waals surface area contributed by atoms with Gasteiger partial charge in [0.1, 0.15) is 0 Å². The van der Waals surface area contributed by atoms with Crippen molar-refractivity contribution in [3.8, 4) is 11.5 Å². The Morgan fingerprint density at radius 1 is 1.25 bits per heavy atom. The third kappa shape index (κ3) is 4.74. The van der Waals surface area contributed by atoms with Crippen LogP contribution in [0.15, 0.2) is 18.2 Å². The predicted octanol–water partition coefficient (Wildman–Crippen LogP) is 1.52. The Kier molecular flexibility index (Phi) is 5.82. The van der Waals surface area contributed by atoms with E-state index in [0.29, 0.717) is 24.3 Å². The zero-order valence-corrected chi connectivity index (χ0v) is 12.5. The lowest BCUT2D eigenvalue weighted by Gasteiger charge is -2.23. The highest BCUT2D eigenvalue weighted by Gasteiger charge is 2.18. The number of aryl methyl sites for hydroxylation is 1. The van der Waals surface area contributed by atoms with Crippen LogP contribution < -0.4 is 14.8 Å². The van der Waals surface area contributed by atoms with E-state index >= 15 is 0 Å². The SMILES string of the molecule is COc1ccc(CCC(=O)NC(C)(C)CO)cc1OC. The van der Waals surface area contributed by atoms with Crippen molar-refractivity contribution in [1.29, 1.82) is 0 Å². The first-order valence-corrected chi connectivity index (χ1v) is 6.54. The molecule has 0 radical (unpaired) electrons. The highest BCUT2D eigenvalue weighted by molar-refractivity contribution is 5.77. The Hall–Kier alpha value is -1.75. The van der Waals surface area contributed by atoms with Gasteiger partial charge in [-0.05, 0) is 38.0 Å². The largest absolute Gasteiger partial charge is 0.493 e. The van der Waals surface area contributed by atoms with E-state index in [4.69, 9.17) is 14.6 Å². The fourth-order valence-corrected chi connectivity index (χ4v) is 1.77. The molecule has 0 spiro atoms. The number of nitrogens with one attached hydrogen (secondary N) is 1. The number of hydrogen-bond donors (Lipinski definition) is 2. The van der Waals surface area contributed by atoms with E-state index in [1.807, 2.05) is 18.2 Å². The van der Waals surface area contributed by atoms with Gasteiger partial charge in [-0.15, -0.1) is 0 Å². The van der Waals surface area contributed by atoms with Crippen molar-refractivity contribution in [2.24, 2.45) is 0 Å². The molecule has 0 heterocycles. The number of rotatable bonds is 7. The number of benzene rings is 1. The second-order valence-corrected chi connectivity index (χ2v) is 5.28. The molecule has 0 saturated carbocycles. The van der Waals surface area contributed by atoms with E-state index in [1.54, 1.807) is 28.1 Å². The van der Waals surface area contributed by atoms with Gasteiger partial charge in [-0.25, -0.2) is 0 Å². The van der Waals surface area contributed by atoms with Crippen molar-refractivity contribution in [2.75, 3.05) is 20.8 Å². The summed E-state index contributed by atoms with van der Waals surface area (Å²) in [6.45, 7) is 3.47. The van der Waals surface area contributed by atoms with Crippen LogP contribution in [0.25, 0.3) is 0 Å². The maximum atomic E-state index is 11.8. The Labute approximate surface area is 119 Å². The average molecular weight is 281 g/mol. The molecule has 20 heavy (non-hydrogen) atoms. The first kappa shape index (κ1) is 16.3. The minimum atomic E-state index is -0.589. The summed E-state index contributed by atoms with van der Waals surface area (Å²) in [7, 11) is 3.17. The van der Waals surface area contributed by atoms with Gasteiger partial charge in [-0.3, -0.25) is 4.79 Å². The van der Waals surface area contributed by atoms with Crippen molar-refractivity contribution < 1.29 is 19.4 Å². The molecular formula is C15H23NO4. The second-order valence-electron chi connectivity index (χ2n) is 5.28. The minimum Gasteiger partial charge on any atom is -0.493 e. The van der Waals surface area contributed by atoms with E-state index in [2.05, 4.69) is 5.32 Å². The predicted molar refractivity (Wildman–Crippen MR) is 77.2 cm³/mol. The van der Waals surface area contributed by atoms with Gasteiger partial charge >= 0.3 is 0 Å². The molecule has 5 nitrogen and oxygen atoms in total. The lowest BCUT2D eigenvalue weighted by Crippen LogP contribution is -2.46. The van der Waals surface area contributed by atoms with Crippen LogP contribution in [0.3, 0.4) is 0 Å². The van der Waals surface area contributed by atoms with Crippen LogP contribution in [0, 0.1) is 0 Å². The van der Waals surface area contributed by atoms with Gasteiger partial charge in [-0.2, -0.15) is 0 Å². The summed E-state index contributed by atoms with van der Waals surface area (Å²) in [5, 5.41) is 11.9. The monoisotopic (exact) mass is 281 g/mol. The third-order valence-corrected chi connectivity index (χ3v) is 2.96. The van der Waals surface area contributed by atoms with Gasteiger partial charge in [0.25, 0.3) is 0 Å². The fourth-order valence-electron chi connectivity index (χ4n) is 1.77. The number of carbonyl (C=O) groups is 1. The fraction of sp³-hybridized carbons (Fsp3) is 0.533. The Morgan fingerprint density at radius 3 is 2.45 bits per heavy atom. The molecule has 112 valence electrons. The van der Waals surface area contributed by atoms with Gasteiger partial charge in [0.2, 0.25) is 5.91 Å². The number of aliphatic hydroxyl groups excluding tert-OH is 1. The molecule has 0 aliphatic heterocycles. The molecule has 0 aliphatic carbocycles. The van der Waals surface area contributed by atoms with Crippen molar-refractivity contribution in [1.82, 2.24) is 5.32 Å². The highest BCUT2D eigenvalue weighted by atomic mass is 16.5. The molecule has 0 saturated heterocycles. The minimum absolute atomic E-state index is 0.0844. The van der Waals surface area contributed by atoms with E-state index in [-0.39, 0.29) is 12.5 Å². The number of hydrogen-bond acceptors (Lipinski definition) is 4. The summed E-state index contributed by atoms with van der Waals surface area (Å²) in [5.74, 6) is 1.24. The van der Waals surface area contributed by atoms with Crippen LogP contribution in [-0.2, 0) is 11.2 Å². The van der Waals surface area contributed by atoms with E-state index in [1.165, 1.54) is 0 Å². The van der Waals surface area contributed by atoms with Crippen molar-refractivity contribution in [2.45, 2.75) is 32.2 Å². The third-order valence-electron chi connectivity index (χ3n) is 2.96. The Morgan fingerprint density at radius 2 is 1.90 bits per heavy atom. The lowest BCUT2D eigenvalue weighted by molar-refractivity contribution is -0.123. The normalized spacial score (nSPS) is 11.1. The topological polar surface area (TPSA) is 67.8 Å². The molecule has 2 N–H and O–H groups in total. The molecule has 0 aromatic heterocycles. The van der Waals surface area contributed by atoms with Crippen LogP contribution >= 0.6 is 0 Å². The van der Waals surface area contributed by atoms with E-state index in [9.17, 15) is 4.79 Å². The maximum absolute atomic E-state index is 11.8. The quantitative estimate of drug-likeness (QED) is 0.795. The molecule has 0 aliphatic rings. The molecule has 1 rings (SSSR count). The summed E-state index contributed by atoms with van der Waals surface area (Å²) >= 11 is 0. The molecule has 0 atom stereocenters.